The minimum Gasteiger partial charge on any atom is -0.768 e. The lowest BCUT2D eigenvalue weighted by Gasteiger charge is -2.06. The van der Waals surface area contributed by atoms with Gasteiger partial charge in [-0.2, -0.15) is 0 Å². The van der Waals surface area contributed by atoms with Gasteiger partial charge in [0.15, 0.2) is 5.11 Å². The number of benzene rings is 1. The predicted octanol–water partition coefficient (Wildman–Crippen LogP) is 0.580. The average molecular weight is 215 g/mol. The van der Waals surface area contributed by atoms with Crippen LogP contribution in [0, 0.1) is 0 Å². The molecule has 1 atom stereocenters. The molecule has 0 aromatic heterocycles. The van der Waals surface area contributed by atoms with E-state index in [1.165, 1.54) is 12.1 Å². The third-order valence-electron chi connectivity index (χ3n) is 1.31. The van der Waals surface area contributed by atoms with Gasteiger partial charge in [0.1, 0.15) is 0 Å². The molecule has 0 aliphatic rings. The summed E-state index contributed by atoms with van der Waals surface area (Å²) in [6.45, 7) is 0. The minimum absolute atomic E-state index is 0.149. The molecule has 6 heteroatoms. The Kier molecular flexibility index (Phi) is 3.35. The van der Waals surface area contributed by atoms with Gasteiger partial charge in [-0.05, 0) is 47.6 Å². The van der Waals surface area contributed by atoms with Crippen molar-refractivity contribution in [2.24, 2.45) is 5.73 Å². The second-order valence-electron chi connectivity index (χ2n) is 2.25. The van der Waals surface area contributed by atoms with Crippen LogP contribution in [0.3, 0.4) is 0 Å². The van der Waals surface area contributed by atoms with Crippen LogP contribution in [0.1, 0.15) is 0 Å². The van der Waals surface area contributed by atoms with Crippen LogP contribution >= 0.6 is 12.2 Å². The van der Waals surface area contributed by atoms with Gasteiger partial charge >= 0.3 is 0 Å². The molecule has 70 valence electrons. The van der Waals surface area contributed by atoms with Crippen LogP contribution in [0.15, 0.2) is 29.2 Å². The maximum Gasteiger partial charge on any atom is 0.168 e. The van der Waals surface area contributed by atoms with E-state index in [9.17, 15) is 8.76 Å². The predicted molar refractivity (Wildman–Crippen MR) is 54.0 cm³/mol. The van der Waals surface area contributed by atoms with Crippen LogP contribution in [0.2, 0.25) is 0 Å². The highest BCUT2D eigenvalue weighted by Gasteiger charge is 1.94. The third kappa shape index (κ3) is 3.10. The van der Waals surface area contributed by atoms with Crippen LogP contribution in [0.4, 0.5) is 5.69 Å². The molecule has 1 aromatic rings. The van der Waals surface area contributed by atoms with E-state index in [1.807, 2.05) is 0 Å². The Labute approximate surface area is 83.4 Å². The number of rotatable bonds is 2. The van der Waals surface area contributed by atoms with E-state index in [2.05, 4.69) is 17.5 Å². The lowest BCUT2D eigenvalue weighted by molar-refractivity contribution is 0.537. The summed E-state index contributed by atoms with van der Waals surface area (Å²) in [5.74, 6) is 0. The van der Waals surface area contributed by atoms with Crippen molar-refractivity contribution in [3.05, 3.63) is 24.3 Å². The lowest BCUT2D eigenvalue weighted by Crippen LogP contribution is -2.18. The fourth-order valence-corrected chi connectivity index (χ4v) is 1.27. The second kappa shape index (κ2) is 4.31. The molecule has 0 bridgehead atoms. The molecule has 0 spiro atoms. The summed E-state index contributed by atoms with van der Waals surface area (Å²) in [4.78, 5) is 0.230. The van der Waals surface area contributed by atoms with Crippen LogP contribution in [0.5, 0.6) is 0 Å². The summed E-state index contributed by atoms with van der Waals surface area (Å²) >= 11 is 2.42. The Morgan fingerprint density at radius 3 is 2.38 bits per heavy atom. The number of hydrogen-bond acceptors (Lipinski definition) is 3. The molecule has 0 saturated heterocycles. The van der Waals surface area contributed by atoms with Crippen molar-refractivity contribution < 1.29 is 8.76 Å². The van der Waals surface area contributed by atoms with Gasteiger partial charge in [-0.25, -0.2) is 0 Å². The Morgan fingerprint density at radius 2 is 2.00 bits per heavy atom. The van der Waals surface area contributed by atoms with E-state index < -0.39 is 11.1 Å². The molecule has 0 aliphatic carbocycles. The van der Waals surface area contributed by atoms with E-state index >= 15 is 0 Å². The van der Waals surface area contributed by atoms with Crippen molar-refractivity contribution in [3.8, 4) is 0 Å². The summed E-state index contributed by atoms with van der Waals surface area (Å²) in [5, 5.41) is 2.83. The van der Waals surface area contributed by atoms with Crippen molar-refractivity contribution >= 4 is 34.1 Å². The maximum absolute atomic E-state index is 10.5. The van der Waals surface area contributed by atoms with E-state index in [1.54, 1.807) is 12.1 Å². The number of nitrogens with one attached hydrogen (secondary N) is 1. The molecule has 0 amide bonds. The first-order valence-electron chi connectivity index (χ1n) is 3.35. The SMILES string of the molecule is NC(=S)Nc1ccc(S(=O)[O-])cc1. The van der Waals surface area contributed by atoms with Gasteiger partial charge in [0.25, 0.3) is 0 Å². The third-order valence-corrected chi connectivity index (χ3v) is 2.07. The van der Waals surface area contributed by atoms with Gasteiger partial charge in [-0.1, -0.05) is 0 Å². The van der Waals surface area contributed by atoms with Gasteiger partial charge in [-0.3, -0.25) is 4.21 Å². The van der Waals surface area contributed by atoms with Crippen LogP contribution in [0.25, 0.3) is 0 Å². The molecule has 0 aliphatic heterocycles. The highest BCUT2D eigenvalue weighted by atomic mass is 32.2. The van der Waals surface area contributed by atoms with Crippen LogP contribution in [-0.4, -0.2) is 13.9 Å². The smallest absolute Gasteiger partial charge is 0.168 e. The number of thiocarbonyl (C=S) groups is 1. The summed E-state index contributed by atoms with van der Waals surface area (Å²) in [6, 6.07) is 6.10. The first-order chi connectivity index (χ1) is 6.09. The zero-order chi connectivity index (χ0) is 9.84. The number of hydrogen-bond donors (Lipinski definition) is 2. The van der Waals surface area contributed by atoms with Gasteiger partial charge in [-0.15, -0.1) is 0 Å². The van der Waals surface area contributed by atoms with E-state index in [4.69, 9.17) is 5.73 Å². The molecule has 4 nitrogen and oxygen atoms in total. The van der Waals surface area contributed by atoms with Crippen molar-refractivity contribution in [2.75, 3.05) is 5.32 Å². The number of nitrogens with two attached hydrogens (primary N) is 1. The molecule has 1 rings (SSSR count). The quantitative estimate of drug-likeness (QED) is 0.557. The fraction of sp³-hybridized carbons (Fsp3) is 0. The van der Waals surface area contributed by atoms with Crippen LogP contribution < -0.4 is 11.1 Å². The zero-order valence-electron chi connectivity index (χ0n) is 6.52. The van der Waals surface area contributed by atoms with Gasteiger partial charge in [0.05, 0.1) is 0 Å². The topological polar surface area (TPSA) is 78.2 Å². The summed E-state index contributed by atoms with van der Waals surface area (Å²) < 4.78 is 20.9. The van der Waals surface area contributed by atoms with Crippen molar-refractivity contribution in [3.63, 3.8) is 0 Å². The largest absolute Gasteiger partial charge is 0.768 e. The molecule has 1 unspecified atom stereocenters. The Morgan fingerprint density at radius 1 is 1.46 bits per heavy atom. The summed E-state index contributed by atoms with van der Waals surface area (Å²) in [5.41, 5.74) is 5.89. The molecule has 0 heterocycles. The zero-order valence-corrected chi connectivity index (χ0v) is 8.15. The van der Waals surface area contributed by atoms with E-state index in [0.29, 0.717) is 5.69 Å². The Bertz CT molecular complexity index is 337. The van der Waals surface area contributed by atoms with Crippen molar-refractivity contribution in [2.45, 2.75) is 4.90 Å². The first kappa shape index (κ1) is 10.1. The highest BCUT2D eigenvalue weighted by Crippen LogP contribution is 2.10. The second-order valence-corrected chi connectivity index (χ2v) is 3.63. The molecular weight excluding hydrogens is 208 g/mol. The standard InChI is InChI=1S/C7H8N2O2S2/c8-7(12)9-5-1-3-6(4-2-5)13(10)11/h1-4H,(H,10,11)(H3,8,9,12)/p-1. The normalized spacial score (nSPS) is 12.1. The molecule has 0 saturated carbocycles. The number of anilines is 1. The van der Waals surface area contributed by atoms with Gasteiger partial charge < -0.3 is 15.6 Å². The monoisotopic (exact) mass is 215 g/mol. The van der Waals surface area contributed by atoms with Crippen molar-refractivity contribution in [1.29, 1.82) is 0 Å². The molecule has 3 N–H and O–H groups in total. The van der Waals surface area contributed by atoms with E-state index in [-0.39, 0.29) is 10.0 Å². The Hall–Kier alpha value is -0.980. The van der Waals surface area contributed by atoms with E-state index in [0.717, 1.165) is 0 Å². The molecule has 1 aromatic carbocycles. The summed E-state index contributed by atoms with van der Waals surface area (Å²) in [7, 11) is 0. The maximum atomic E-state index is 10.5. The lowest BCUT2D eigenvalue weighted by atomic mass is 10.3. The highest BCUT2D eigenvalue weighted by molar-refractivity contribution is 7.80. The van der Waals surface area contributed by atoms with Gasteiger partial charge in [0.2, 0.25) is 0 Å². The first-order valence-corrected chi connectivity index (χ1v) is 4.83. The molecule has 0 radical (unpaired) electrons. The Balaban J connectivity index is 2.81. The minimum atomic E-state index is -2.19. The van der Waals surface area contributed by atoms with Crippen LogP contribution in [-0.2, 0) is 11.1 Å². The fourth-order valence-electron chi connectivity index (χ4n) is 0.792. The molecule has 13 heavy (non-hydrogen) atoms. The molecular formula is C7H7N2O2S2-. The average Bonchev–Trinajstić information content (AvgIpc) is 2.04. The summed E-state index contributed by atoms with van der Waals surface area (Å²) in [6.07, 6.45) is 0. The molecule has 0 fully saturated rings. The van der Waals surface area contributed by atoms with Gasteiger partial charge in [0, 0.05) is 10.6 Å². The van der Waals surface area contributed by atoms with Crippen molar-refractivity contribution in [1.82, 2.24) is 0 Å².